The predicted octanol–water partition coefficient (Wildman–Crippen LogP) is 3.54. The van der Waals surface area contributed by atoms with E-state index in [1.165, 1.54) is 0 Å². The summed E-state index contributed by atoms with van der Waals surface area (Å²) in [7, 11) is 0. The van der Waals surface area contributed by atoms with Gasteiger partial charge in [-0.1, -0.05) is 34.6 Å². The number of carbonyl (C=O) groups excluding carboxylic acids is 2. The van der Waals surface area contributed by atoms with E-state index < -0.39 is 5.60 Å². The fourth-order valence-electron chi connectivity index (χ4n) is 1.69. The van der Waals surface area contributed by atoms with Gasteiger partial charge in [0, 0.05) is 18.3 Å². The van der Waals surface area contributed by atoms with Gasteiger partial charge in [-0.25, -0.2) is 0 Å². The summed E-state index contributed by atoms with van der Waals surface area (Å²) in [5.41, 5.74) is -1.15. The van der Waals surface area contributed by atoms with Gasteiger partial charge >= 0.3 is 0 Å². The van der Waals surface area contributed by atoms with Crippen LogP contribution >= 0.6 is 0 Å². The van der Waals surface area contributed by atoms with Gasteiger partial charge in [-0.2, -0.15) is 0 Å². The third-order valence-corrected chi connectivity index (χ3v) is 3.16. The summed E-state index contributed by atoms with van der Waals surface area (Å²) in [5.74, 6) is 0.248. The summed E-state index contributed by atoms with van der Waals surface area (Å²) in [5, 5.41) is 0. The Morgan fingerprint density at radius 3 is 1.83 bits per heavy atom. The van der Waals surface area contributed by atoms with Crippen molar-refractivity contribution in [3.63, 3.8) is 0 Å². The molecule has 0 N–H and O–H groups in total. The molecule has 0 aliphatic carbocycles. The van der Waals surface area contributed by atoms with Crippen molar-refractivity contribution < 1.29 is 14.3 Å². The molecule has 0 fully saturated rings. The molecule has 0 aromatic carbocycles. The maximum Gasteiger partial charge on any atom is 0.163 e. The van der Waals surface area contributed by atoms with E-state index in [2.05, 4.69) is 0 Å². The van der Waals surface area contributed by atoms with Crippen LogP contribution in [0.1, 0.15) is 67.7 Å². The Labute approximate surface area is 111 Å². The molecule has 106 valence electrons. The standard InChI is InChI=1S/C15H28O3/c1-8-11(10-13(17)14(3,4)5)18-15(6,7)12(16)9-2/h11H,8-10H2,1-7H3. The van der Waals surface area contributed by atoms with E-state index in [0.29, 0.717) is 12.8 Å². The largest absolute Gasteiger partial charge is 0.364 e. The van der Waals surface area contributed by atoms with Gasteiger partial charge in [-0.05, 0) is 20.3 Å². The number of carbonyl (C=O) groups is 2. The zero-order valence-electron chi connectivity index (χ0n) is 12.9. The van der Waals surface area contributed by atoms with Gasteiger partial charge in [-0.15, -0.1) is 0 Å². The van der Waals surface area contributed by atoms with Crippen molar-refractivity contribution in [2.75, 3.05) is 0 Å². The molecule has 1 atom stereocenters. The van der Waals surface area contributed by atoms with E-state index >= 15 is 0 Å². The molecule has 0 aromatic rings. The van der Waals surface area contributed by atoms with E-state index in [9.17, 15) is 9.59 Å². The summed E-state index contributed by atoms with van der Waals surface area (Å²) in [6.07, 6.45) is 1.39. The molecule has 18 heavy (non-hydrogen) atoms. The first-order valence-corrected chi connectivity index (χ1v) is 6.79. The first kappa shape index (κ1) is 17.3. The van der Waals surface area contributed by atoms with E-state index in [0.717, 1.165) is 6.42 Å². The Morgan fingerprint density at radius 1 is 1.00 bits per heavy atom. The molecular weight excluding hydrogens is 228 g/mol. The van der Waals surface area contributed by atoms with Crippen LogP contribution in [0, 0.1) is 5.41 Å². The molecule has 0 bridgehead atoms. The third kappa shape index (κ3) is 5.30. The quantitative estimate of drug-likeness (QED) is 0.699. The first-order valence-electron chi connectivity index (χ1n) is 6.79. The Morgan fingerprint density at radius 2 is 1.50 bits per heavy atom. The Hall–Kier alpha value is -0.700. The van der Waals surface area contributed by atoms with Crippen LogP contribution in [0.2, 0.25) is 0 Å². The molecule has 0 aliphatic heterocycles. The van der Waals surface area contributed by atoms with Gasteiger partial charge in [-0.3, -0.25) is 9.59 Å². The molecule has 0 rings (SSSR count). The van der Waals surface area contributed by atoms with Crippen LogP contribution in [0.5, 0.6) is 0 Å². The van der Waals surface area contributed by atoms with Gasteiger partial charge in [0.15, 0.2) is 5.78 Å². The number of hydrogen-bond acceptors (Lipinski definition) is 3. The average Bonchev–Trinajstić information content (AvgIpc) is 2.25. The van der Waals surface area contributed by atoms with Crippen molar-refractivity contribution in [1.29, 1.82) is 0 Å². The number of ether oxygens (including phenoxy) is 1. The van der Waals surface area contributed by atoms with Gasteiger partial charge < -0.3 is 4.74 Å². The van der Waals surface area contributed by atoms with Crippen LogP contribution in [0.3, 0.4) is 0 Å². The van der Waals surface area contributed by atoms with Crippen LogP contribution in [0.15, 0.2) is 0 Å². The number of rotatable bonds is 7. The topological polar surface area (TPSA) is 43.4 Å². The lowest BCUT2D eigenvalue weighted by Gasteiger charge is -2.30. The molecule has 0 saturated carbocycles. The van der Waals surface area contributed by atoms with Gasteiger partial charge in [0.1, 0.15) is 11.4 Å². The first-order chi connectivity index (χ1) is 8.04. The van der Waals surface area contributed by atoms with Gasteiger partial charge in [0.05, 0.1) is 6.10 Å². The summed E-state index contributed by atoms with van der Waals surface area (Å²) in [6.45, 7) is 13.1. The van der Waals surface area contributed by atoms with Crippen molar-refractivity contribution >= 4 is 11.6 Å². The summed E-state index contributed by atoms with van der Waals surface area (Å²) < 4.78 is 5.84. The molecule has 3 heteroatoms. The van der Waals surface area contributed by atoms with E-state index in [1.807, 2.05) is 34.6 Å². The minimum absolute atomic E-state index is 0.0733. The predicted molar refractivity (Wildman–Crippen MR) is 73.6 cm³/mol. The molecule has 0 aliphatic rings. The van der Waals surface area contributed by atoms with Crippen molar-refractivity contribution in [1.82, 2.24) is 0 Å². The van der Waals surface area contributed by atoms with Gasteiger partial charge in [0.25, 0.3) is 0 Å². The zero-order valence-corrected chi connectivity index (χ0v) is 12.9. The van der Waals surface area contributed by atoms with E-state index in [4.69, 9.17) is 4.74 Å². The average molecular weight is 256 g/mol. The highest BCUT2D eigenvalue weighted by Crippen LogP contribution is 2.23. The number of Topliss-reactive ketones (excluding diaryl/α,β-unsaturated/α-hetero) is 2. The van der Waals surface area contributed by atoms with Gasteiger partial charge in [0.2, 0.25) is 0 Å². The summed E-state index contributed by atoms with van der Waals surface area (Å²) in [4.78, 5) is 23.8. The second-order valence-corrected chi connectivity index (χ2v) is 6.31. The zero-order chi connectivity index (χ0) is 14.6. The van der Waals surface area contributed by atoms with Crippen LogP contribution in [-0.2, 0) is 14.3 Å². The van der Waals surface area contributed by atoms with E-state index in [-0.39, 0.29) is 23.1 Å². The number of hydrogen-bond donors (Lipinski definition) is 0. The normalized spacial score (nSPS) is 14.4. The fraction of sp³-hybridized carbons (Fsp3) is 0.867. The maximum atomic E-state index is 12.0. The maximum absolute atomic E-state index is 12.0. The number of ketones is 2. The molecule has 0 heterocycles. The molecule has 1 unspecified atom stereocenters. The Balaban J connectivity index is 4.63. The second kappa shape index (κ2) is 6.46. The van der Waals surface area contributed by atoms with E-state index in [1.54, 1.807) is 13.8 Å². The highest BCUT2D eigenvalue weighted by atomic mass is 16.5. The molecule has 0 amide bonds. The lowest BCUT2D eigenvalue weighted by molar-refractivity contribution is -0.151. The SMILES string of the molecule is CCC(=O)C(C)(C)OC(CC)CC(=O)C(C)(C)C. The Kier molecular flexibility index (Phi) is 6.21. The summed E-state index contributed by atoms with van der Waals surface area (Å²) >= 11 is 0. The second-order valence-electron chi connectivity index (χ2n) is 6.31. The molecule has 3 nitrogen and oxygen atoms in total. The van der Waals surface area contributed by atoms with Crippen molar-refractivity contribution in [3.8, 4) is 0 Å². The smallest absolute Gasteiger partial charge is 0.163 e. The highest BCUT2D eigenvalue weighted by molar-refractivity contribution is 5.86. The lowest BCUT2D eigenvalue weighted by Crippen LogP contribution is -2.39. The van der Waals surface area contributed by atoms with Crippen molar-refractivity contribution in [3.05, 3.63) is 0 Å². The molecule has 0 radical (unpaired) electrons. The third-order valence-electron chi connectivity index (χ3n) is 3.16. The van der Waals surface area contributed by atoms with Crippen LogP contribution < -0.4 is 0 Å². The molecular formula is C15H28O3. The van der Waals surface area contributed by atoms with Crippen LogP contribution in [0.25, 0.3) is 0 Å². The van der Waals surface area contributed by atoms with Crippen LogP contribution in [-0.4, -0.2) is 23.3 Å². The lowest BCUT2D eigenvalue weighted by atomic mass is 9.87. The molecule has 0 spiro atoms. The van der Waals surface area contributed by atoms with Crippen LogP contribution in [0.4, 0.5) is 0 Å². The summed E-state index contributed by atoms with van der Waals surface area (Å²) in [6, 6.07) is 0. The Bertz CT molecular complexity index is 297. The fourth-order valence-corrected chi connectivity index (χ4v) is 1.69. The monoisotopic (exact) mass is 256 g/mol. The minimum Gasteiger partial charge on any atom is -0.364 e. The minimum atomic E-state index is -0.798. The van der Waals surface area contributed by atoms with Crippen molar-refractivity contribution in [2.45, 2.75) is 79.4 Å². The highest BCUT2D eigenvalue weighted by Gasteiger charge is 2.32. The molecule has 0 saturated heterocycles. The molecule has 0 aromatic heterocycles. The van der Waals surface area contributed by atoms with Crippen molar-refractivity contribution in [2.24, 2.45) is 5.41 Å².